The standard InChI is InChI=1S/C37H41F7N2O3/c1-7-49-33(48)35(5,6)23-10-8-22(9-11-23)30-18-29(28-13-12-27(38)14-21(28)2)31(19-45-30)46-20-32(47)34(3,4)24-15-25(36(39,40)41)17-26(16-24)37(42,43)44/h12-19,22-23,46H,7-11,20H2,1-6H3. The second kappa shape index (κ2) is 14.1. The number of Topliss-reactive ketones (excluding diaryl/α,β-unsaturated/α-hetero) is 1. The lowest BCUT2D eigenvalue weighted by Gasteiger charge is -2.37. The number of pyridine rings is 1. The van der Waals surface area contributed by atoms with Crippen LogP contribution in [-0.2, 0) is 32.1 Å². The molecular formula is C37H41F7N2O3. The fourth-order valence-electron chi connectivity index (χ4n) is 6.46. The number of esters is 1. The van der Waals surface area contributed by atoms with E-state index in [1.165, 1.54) is 32.2 Å². The van der Waals surface area contributed by atoms with Gasteiger partial charge in [0.15, 0.2) is 5.78 Å². The van der Waals surface area contributed by atoms with Crippen LogP contribution in [0.1, 0.15) is 94.2 Å². The third kappa shape index (κ3) is 8.44. The summed E-state index contributed by atoms with van der Waals surface area (Å²) in [5.74, 6) is -1.14. The van der Waals surface area contributed by atoms with E-state index in [2.05, 4.69) is 10.3 Å². The predicted molar refractivity (Wildman–Crippen MR) is 172 cm³/mol. The number of anilines is 1. The van der Waals surface area contributed by atoms with Gasteiger partial charge >= 0.3 is 18.3 Å². The summed E-state index contributed by atoms with van der Waals surface area (Å²) >= 11 is 0. The molecule has 1 saturated carbocycles. The quantitative estimate of drug-likeness (QED) is 0.169. The Morgan fingerprint density at radius 2 is 1.41 bits per heavy atom. The van der Waals surface area contributed by atoms with Gasteiger partial charge in [0.2, 0.25) is 0 Å². The van der Waals surface area contributed by atoms with Crippen molar-refractivity contribution in [1.82, 2.24) is 4.98 Å². The van der Waals surface area contributed by atoms with Gasteiger partial charge in [-0.2, -0.15) is 26.3 Å². The highest BCUT2D eigenvalue weighted by molar-refractivity contribution is 5.93. The van der Waals surface area contributed by atoms with Gasteiger partial charge in [0, 0.05) is 17.2 Å². The summed E-state index contributed by atoms with van der Waals surface area (Å²) in [5, 5.41) is 3.00. The largest absolute Gasteiger partial charge is 0.466 e. The number of ketones is 1. The number of halogens is 7. The maximum absolute atomic E-state index is 14.1. The van der Waals surface area contributed by atoms with Gasteiger partial charge in [-0.25, -0.2) is 4.39 Å². The molecular weight excluding hydrogens is 653 g/mol. The number of hydrogen-bond acceptors (Lipinski definition) is 5. The molecule has 3 aromatic rings. The molecule has 4 rings (SSSR count). The number of benzene rings is 2. The monoisotopic (exact) mass is 694 g/mol. The molecule has 1 aliphatic carbocycles. The maximum Gasteiger partial charge on any atom is 0.416 e. The van der Waals surface area contributed by atoms with E-state index in [0.29, 0.717) is 41.1 Å². The van der Waals surface area contributed by atoms with E-state index in [4.69, 9.17) is 4.74 Å². The molecule has 12 heteroatoms. The lowest BCUT2D eigenvalue weighted by Crippen LogP contribution is -2.36. The molecule has 0 aliphatic heterocycles. The SMILES string of the molecule is CCOC(=O)C(C)(C)C1CCC(c2cc(-c3ccc(F)cc3C)c(NCC(=O)C(C)(C)c3cc(C(F)(F)F)cc(C(F)(F)F)c3)cn2)CC1. The van der Waals surface area contributed by atoms with E-state index in [-0.39, 0.29) is 23.9 Å². The first-order valence-electron chi connectivity index (χ1n) is 16.2. The summed E-state index contributed by atoms with van der Waals surface area (Å²) in [6, 6.07) is 7.29. The van der Waals surface area contributed by atoms with Gasteiger partial charge in [-0.3, -0.25) is 14.6 Å². The van der Waals surface area contributed by atoms with Crippen LogP contribution >= 0.6 is 0 Å². The summed E-state index contributed by atoms with van der Waals surface area (Å²) in [6.07, 6.45) is -5.50. The van der Waals surface area contributed by atoms with Gasteiger partial charge in [0.1, 0.15) is 5.82 Å². The summed E-state index contributed by atoms with van der Waals surface area (Å²) in [6.45, 7) is 9.72. The molecule has 1 aliphatic rings. The van der Waals surface area contributed by atoms with Gasteiger partial charge in [0.05, 0.1) is 47.0 Å². The summed E-state index contributed by atoms with van der Waals surface area (Å²) in [4.78, 5) is 30.8. The van der Waals surface area contributed by atoms with Crippen LogP contribution in [0.3, 0.4) is 0 Å². The van der Waals surface area contributed by atoms with Crippen molar-refractivity contribution in [2.75, 3.05) is 18.5 Å². The third-order valence-electron chi connectivity index (χ3n) is 9.82. The molecule has 266 valence electrons. The first-order valence-corrected chi connectivity index (χ1v) is 16.2. The second-order valence-electron chi connectivity index (χ2n) is 13.8. The molecule has 1 aromatic heterocycles. The Hall–Kier alpha value is -3.96. The van der Waals surface area contributed by atoms with Crippen LogP contribution in [-0.4, -0.2) is 29.9 Å². The fourth-order valence-corrected chi connectivity index (χ4v) is 6.46. The molecule has 0 spiro atoms. The van der Waals surface area contributed by atoms with Crippen molar-refractivity contribution in [3.05, 3.63) is 82.4 Å². The van der Waals surface area contributed by atoms with E-state index < -0.39 is 58.0 Å². The number of alkyl halides is 6. The van der Waals surface area contributed by atoms with Crippen molar-refractivity contribution in [2.24, 2.45) is 11.3 Å². The normalized spacial score (nSPS) is 17.5. The van der Waals surface area contributed by atoms with Crippen LogP contribution < -0.4 is 5.32 Å². The summed E-state index contributed by atoms with van der Waals surface area (Å²) in [7, 11) is 0. The number of nitrogens with one attached hydrogen (secondary N) is 1. The van der Waals surface area contributed by atoms with Gasteiger partial charge in [-0.15, -0.1) is 0 Å². The van der Waals surface area contributed by atoms with E-state index >= 15 is 0 Å². The van der Waals surface area contributed by atoms with Crippen molar-refractivity contribution in [1.29, 1.82) is 0 Å². The van der Waals surface area contributed by atoms with Gasteiger partial charge in [-0.1, -0.05) is 6.07 Å². The number of ether oxygens (including phenoxy) is 1. The third-order valence-corrected chi connectivity index (χ3v) is 9.82. The molecule has 0 atom stereocenters. The Balaban J connectivity index is 1.62. The highest BCUT2D eigenvalue weighted by atomic mass is 19.4. The Morgan fingerprint density at radius 3 is 1.94 bits per heavy atom. The number of carbonyl (C=O) groups excluding carboxylic acids is 2. The zero-order chi connectivity index (χ0) is 36.5. The number of aryl methyl sites for hydroxylation is 1. The van der Waals surface area contributed by atoms with Crippen LogP contribution in [0.2, 0.25) is 0 Å². The van der Waals surface area contributed by atoms with E-state index in [1.54, 1.807) is 19.9 Å². The highest BCUT2D eigenvalue weighted by Crippen LogP contribution is 2.45. The minimum Gasteiger partial charge on any atom is -0.466 e. The molecule has 2 aromatic carbocycles. The van der Waals surface area contributed by atoms with Crippen LogP contribution in [0, 0.1) is 24.1 Å². The van der Waals surface area contributed by atoms with Crippen LogP contribution in [0.4, 0.5) is 36.4 Å². The molecule has 0 unspecified atom stereocenters. The molecule has 0 amide bonds. The average molecular weight is 695 g/mol. The van der Waals surface area contributed by atoms with Crippen molar-refractivity contribution in [2.45, 2.75) is 90.9 Å². The predicted octanol–water partition coefficient (Wildman–Crippen LogP) is 10.1. The summed E-state index contributed by atoms with van der Waals surface area (Å²) < 4.78 is 101. The van der Waals surface area contributed by atoms with Crippen molar-refractivity contribution in [3.63, 3.8) is 0 Å². The van der Waals surface area contributed by atoms with E-state index in [1.807, 2.05) is 19.9 Å². The molecule has 0 saturated heterocycles. The minimum atomic E-state index is -5.06. The lowest BCUT2D eigenvalue weighted by molar-refractivity contribution is -0.157. The van der Waals surface area contributed by atoms with Crippen LogP contribution in [0.5, 0.6) is 0 Å². The summed E-state index contributed by atoms with van der Waals surface area (Å²) in [5.41, 5.74) is -2.76. The average Bonchev–Trinajstić information content (AvgIpc) is 3.02. The maximum atomic E-state index is 14.1. The lowest BCUT2D eigenvalue weighted by atomic mass is 9.68. The zero-order valence-corrected chi connectivity index (χ0v) is 28.3. The second-order valence-corrected chi connectivity index (χ2v) is 13.8. The minimum absolute atomic E-state index is 0.0283. The van der Waals surface area contributed by atoms with E-state index in [9.17, 15) is 40.3 Å². The number of carbonyl (C=O) groups is 2. The van der Waals surface area contributed by atoms with Crippen molar-refractivity contribution >= 4 is 17.4 Å². The number of aromatic nitrogens is 1. The molecule has 1 N–H and O–H groups in total. The molecule has 1 heterocycles. The van der Waals surface area contributed by atoms with Crippen LogP contribution in [0.25, 0.3) is 11.1 Å². The smallest absolute Gasteiger partial charge is 0.416 e. The Morgan fingerprint density at radius 1 is 0.837 bits per heavy atom. The number of hydrogen-bond donors (Lipinski definition) is 1. The van der Waals surface area contributed by atoms with Crippen molar-refractivity contribution in [3.8, 4) is 11.1 Å². The first kappa shape index (κ1) is 37.9. The van der Waals surface area contributed by atoms with Crippen molar-refractivity contribution < 1.29 is 45.1 Å². The number of rotatable bonds is 10. The molecule has 0 radical (unpaired) electrons. The fraction of sp³-hybridized carbons (Fsp3) is 0.486. The molecule has 1 fully saturated rings. The Kier molecular flexibility index (Phi) is 10.9. The van der Waals surface area contributed by atoms with Crippen LogP contribution in [0.15, 0.2) is 48.7 Å². The topological polar surface area (TPSA) is 68.3 Å². The molecule has 49 heavy (non-hydrogen) atoms. The molecule has 5 nitrogen and oxygen atoms in total. The molecule has 0 bridgehead atoms. The van der Waals surface area contributed by atoms with Gasteiger partial charge < -0.3 is 10.1 Å². The van der Waals surface area contributed by atoms with E-state index in [0.717, 1.165) is 31.4 Å². The Bertz CT molecular complexity index is 1660. The van der Waals surface area contributed by atoms with Gasteiger partial charge in [0.25, 0.3) is 0 Å². The highest BCUT2D eigenvalue weighted by Gasteiger charge is 2.41. The Labute approximate surface area is 281 Å². The zero-order valence-electron chi connectivity index (χ0n) is 28.3. The first-order chi connectivity index (χ1) is 22.7. The number of nitrogens with zero attached hydrogens (tertiary/aromatic N) is 1. The van der Waals surface area contributed by atoms with Gasteiger partial charge in [-0.05, 0) is 126 Å².